The van der Waals surface area contributed by atoms with E-state index in [1.807, 2.05) is 26.8 Å². The molecule has 0 amide bonds. The number of benzene rings is 1. The van der Waals surface area contributed by atoms with Crippen molar-refractivity contribution < 1.29 is 9.26 Å². The zero-order chi connectivity index (χ0) is 18.1. The number of nitrogens with zero attached hydrogens (tertiary/aromatic N) is 1. The molecular weight excluding hydrogens is 381 g/mol. The van der Waals surface area contributed by atoms with Crippen molar-refractivity contribution in [3.8, 4) is 11.3 Å². The van der Waals surface area contributed by atoms with Gasteiger partial charge < -0.3 is 9.26 Å². The molecule has 0 spiro atoms. The van der Waals surface area contributed by atoms with Gasteiger partial charge in [-0.15, -0.1) is 0 Å². The predicted molar refractivity (Wildman–Crippen MR) is 102 cm³/mol. The Labute approximate surface area is 162 Å². The number of hydrogen-bond acceptors (Lipinski definition) is 3. The molecule has 1 atom stereocenters. The van der Waals surface area contributed by atoms with Gasteiger partial charge in [-0.2, -0.15) is 0 Å². The van der Waals surface area contributed by atoms with E-state index in [2.05, 4.69) is 5.16 Å². The summed E-state index contributed by atoms with van der Waals surface area (Å²) in [5.41, 5.74) is 3.27. The molecule has 1 heterocycles. The second kappa shape index (κ2) is 7.71. The summed E-state index contributed by atoms with van der Waals surface area (Å²) in [4.78, 5) is 0. The molecule has 25 heavy (non-hydrogen) atoms. The number of ether oxygens (including phenoxy) is 1. The Bertz CT molecular complexity index is 785. The van der Waals surface area contributed by atoms with Crippen LogP contribution in [0, 0.1) is 0 Å². The van der Waals surface area contributed by atoms with Crippen LogP contribution in [0.1, 0.15) is 50.9 Å². The van der Waals surface area contributed by atoms with Crippen molar-refractivity contribution in [1.29, 1.82) is 0 Å². The van der Waals surface area contributed by atoms with E-state index in [1.54, 1.807) is 12.1 Å². The summed E-state index contributed by atoms with van der Waals surface area (Å²) in [6, 6.07) is 5.40. The van der Waals surface area contributed by atoms with E-state index in [9.17, 15) is 0 Å². The monoisotopic (exact) mass is 399 g/mol. The molecule has 2 aromatic rings. The Morgan fingerprint density at radius 1 is 1.28 bits per heavy atom. The zero-order valence-corrected chi connectivity index (χ0v) is 16.7. The van der Waals surface area contributed by atoms with Gasteiger partial charge in [0.25, 0.3) is 0 Å². The lowest BCUT2D eigenvalue weighted by Crippen LogP contribution is -2.11. The van der Waals surface area contributed by atoms with Crippen molar-refractivity contribution in [3.63, 3.8) is 0 Å². The van der Waals surface area contributed by atoms with Crippen molar-refractivity contribution >= 4 is 34.8 Å². The van der Waals surface area contributed by atoms with Crippen LogP contribution in [-0.4, -0.2) is 11.3 Å². The van der Waals surface area contributed by atoms with Crippen molar-refractivity contribution in [3.05, 3.63) is 50.2 Å². The average molecular weight is 401 g/mol. The van der Waals surface area contributed by atoms with Crippen LogP contribution >= 0.6 is 34.8 Å². The van der Waals surface area contributed by atoms with Gasteiger partial charge in [-0.25, -0.2) is 0 Å². The fraction of sp³-hybridized carbons (Fsp3) is 0.421. The number of allylic oxidation sites excluding steroid dienone is 1. The molecule has 1 fully saturated rings. The van der Waals surface area contributed by atoms with Crippen LogP contribution in [0.2, 0.25) is 10.0 Å². The summed E-state index contributed by atoms with van der Waals surface area (Å²) in [5.74, 6) is 1.28. The van der Waals surface area contributed by atoms with Gasteiger partial charge in [-0.3, -0.25) is 0 Å². The lowest BCUT2D eigenvalue weighted by Gasteiger charge is -2.15. The summed E-state index contributed by atoms with van der Waals surface area (Å²) in [7, 11) is 0. The van der Waals surface area contributed by atoms with Crippen molar-refractivity contribution in [1.82, 2.24) is 5.16 Å². The van der Waals surface area contributed by atoms with Crippen LogP contribution in [-0.2, 0) is 11.3 Å². The van der Waals surface area contributed by atoms with Gasteiger partial charge >= 0.3 is 0 Å². The van der Waals surface area contributed by atoms with Crippen LogP contribution in [0.25, 0.3) is 11.3 Å². The second-order valence-corrected chi connectivity index (χ2v) is 7.80. The van der Waals surface area contributed by atoms with Crippen LogP contribution in [0.15, 0.2) is 33.3 Å². The standard InChI is InChI=1S/C19H20Cl3NO2/c1-10(11(2)20)12(3)24-9-14-18(23-25-19(14)13-7-8-13)17-15(21)5-4-6-16(17)22/h4-6,12-13H,7-9H2,1-3H3/b11-10+/t12-/m1/s1. The molecule has 1 saturated carbocycles. The van der Waals surface area contributed by atoms with E-state index in [4.69, 9.17) is 44.1 Å². The molecule has 3 nitrogen and oxygen atoms in total. The largest absolute Gasteiger partial charge is 0.369 e. The first kappa shape index (κ1) is 18.8. The van der Waals surface area contributed by atoms with Crippen molar-refractivity contribution in [2.45, 2.75) is 52.2 Å². The Morgan fingerprint density at radius 2 is 1.92 bits per heavy atom. The van der Waals surface area contributed by atoms with Gasteiger partial charge in [-0.1, -0.05) is 46.0 Å². The highest BCUT2D eigenvalue weighted by Gasteiger charge is 2.33. The van der Waals surface area contributed by atoms with Crippen LogP contribution in [0.4, 0.5) is 0 Å². The first-order valence-corrected chi connectivity index (χ1v) is 9.40. The minimum Gasteiger partial charge on any atom is -0.369 e. The van der Waals surface area contributed by atoms with Crippen LogP contribution in [0.5, 0.6) is 0 Å². The third kappa shape index (κ3) is 4.06. The highest BCUT2D eigenvalue weighted by Crippen LogP contribution is 2.46. The highest BCUT2D eigenvalue weighted by atomic mass is 35.5. The number of rotatable bonds is 6. The van der Waals surface area contributed by atoms with Crippen molar-refractivity contribution in [2.24, 2.45) is 0 Å². The van der Waals surface area contributed by atoms with Gasteiger partial charge in [0, 0.05) is 22.1 Å². The number of hydrogen-bond donors (Lipinski definition) is 0. The van der Waals surface area contributed by atoms with E-state index in [0.717, 1.165) is 34.8 Å². The lowest BCUT2D eigenvalue weighted by molar-refractivity contribution is 0.0755. The van der Waals surface area contributed by atoms with Gasteiger partial charge in [0.15, 0.2) is 0 Å². The molecule has 0 saturated heterocycles. The Balaban J connectivity index is 1.95. The summed E-state index contributed by atoms with van der Waals surface area (Å²) in [5, 5.41) is 6.10. The van der Waals surface area contributed by atoms with Gasteiger partial charge in [0.05, 0.1) is 22.8 Å². The van der Waals surface area contributed by atoms with Gasteiger partial charge in [0.1, 0.15) is 11.5 Å². The number of aromatic nitrogens is 1. The maximum absolute atomic E-state index is 6.36. The second-order valence-electron chi connectivity index (χ2n) is 6.41. The first-order chi connectivity index (χ1) is 11.9. The van der Waals surface area contributed by atoms with Crippen LogP contribution < -0.4 is 0 Å². The molecule has 0 bridgehead atoms. The summed E-state index contributed by atoms with van der Waals surface area (Å²) < 4.78 is 11.7. The fourth-order valence-corrected chi connectivity index (χ4v) is 3.39. The molecule has 134 valence electrons. The Kier molecular flexibility index (Phi) is 5.79. The Hall–Kier alpha value is -1.00. The zero-order valence-electron chi connectivity index (χ0n) is 14.4. The molecule has 6 heteroatoms. The van der Waals surface area contributed by atoms with E-state index >= 15 is 0 Å². The van der Waals surface area contributed by atoms with Crippen molar-refractivity contribution in [2.75, 3.05) is 0 Å². The maximum Gasteiger partial charge on any atom is 0.145 e. The quantitative estimate of drug-likeness (QED) is 0.525. The minimum atomic E-state index is -0.103. The van der Waals surface area contributed by atoms with E-state index < -0.39 is 0 Å². The van der Waals surface area contributed by atoms with E-state index in [1.165, 1.54) is 0 Å². The van der Waals surface area contributed by atoms with E-state index in [-0.39, 0.29) is 6.10 Å². The van der Waals surface area contributed by atoms with Gasteiger partial charge in [-0.05, 0) is 51.3 Å². The molecule has 1 aliphatic rings. The summed E-state index contributed by atoms with van der Waals surface area (Å²) in [6.45, 7) is 6.18. The third-order valence-corrected chi connectivity index (χ3v) is 5.53. The average Bonchev–Trinajstić information content (AvgIpc) is 3.33. The van der Waals surface area contributed by atoms with Gasteiger partial charge in [0.2, 0.25) is 0 Å². The molecule has 1 aliphatic carbocycles. The smallest absolute Gasteiger partial charge is 0.145 e. The first-order valence-electron chi connectivity index (χ1n) is 8.27. The summed E-state index contributed by atoms with van der Waals surface area (Å²) in [6.07, 6.45) is 2.11. The SMILES string of the molecule is C/C(Cl)=C(/C)[C@@H](C)OCc1c(-c2c(Cl)cccc2Cl)noc1C1CC1. The molecular formula is C19H20Cl3NO2. The topological polar surface area (TPSA) is 35.3 Å². The number of halogens is 3. The molecule has 0 aliphatic heterocycles. The molecule has 1 aromatic carbocycles. The molecule has 0 N–H and O–H groups in total. The minimum absolute atomic E-state index is 0.103. The highest BCUT2D eigenvalue weighted by molar-refractivity contribution is 6.39. The van der Waals surface area contributed by atoms with Crippen LogP contribution in [0.3, 0.4) is 0 Å². The molecule has 0 unspecified atom stereocenters. The Morgan fingerprint density at radius 3 is 2.48 bits per heavy atom. The third-order valence-electron chi connectivity index (χ3n) is 4.60. The predicted octanol–water partition coefficient (Wildman–Crippen LogP) is 6.96. The van der Waals surface area contributed by atoms with E-state index in [0.29, 0.717) is 33.8 Å². The molecule has 3 rings (SSSR count). The normalized spacial score (nSPS) is 16.7. The lowest BCUT2D eigenvalue weighted by atomic mass is 10.0. The molecule has 1 aromatic heterocycles. The molecule has 0 radical (unpaired) electrons. The maximum atomic E-state index is 6.36. The summed E-state index contributed by atoms with van der Waals surface area (Å²) >= 11 is 18.8. The fourth-order valence-electron chi connectivity index (χ4n) is 2.66.